The molecule has 0 heterocycles. The van der Waals surface area contributed by atoms with E-state index in [1.54, 1.807) is 5.01 Å². The average Bonchev–Trinajstić information content (AvgIpc) is 1.87. The van der Waals surface area contributed by atoms with Gasteiger partial charge >= 0.3 is 8.25 Å². The second kappa shape index (κ2) is 11.0. The van der Waals surface area contributed by atoms with Gasteiger partial charge < -0.3 is 15.5 Å². The molecule has 6 nitrogen and oxygen atoms in total. The van der Waals surface area contributed by atoms with Crippen molar-refractivity contribution in [1.29, 1.82) is 0 Å². The summed E-state index contributed by atoms with van der Waals surface area (Å²) in [5.41, 5.74) is 5.24. The van der Waals surface area contributed by atoms with E-state index in [4.69, 9.17) is 25.9 Å². The van der Waals surface area contributed by atoms with Crippen LogP contribution in [0.5, 0.6) is 0 Å². The lowest BCUT2D eigenvalue weighted by atomic mass is 10.4. The Morgan fingerprint density at radius 3 is 2.08 bits per heavy atom. The lowest BCUT2D eigenvalue weighted by Gasteiger charge is -2.12. The third-order valence-electron chi connectivity index (χ3n) is 0.927. The summed E-state index contributed by atoms with van der Waals surface area (Å²) in [6.45, 7) is 4.48. The summed E-state index contributed by atoms with van der Waals surface area (Å²) in [6, 6.07) is 0. The molecule has 76 valence electrons. The van der Waals surface area contributed by atoms with E-state index in [-0.39, 0.29) is 0 Å². The fraction of sp³-hybridized carbons (Fsp3) is 1.00. The Hall–Kier alpha value is 0.0300. The number of hydrogen-bond acceptors (Lipinski definition) is 4. The molecule has 0 aliphatic heterocycles. The standard InChI is InChI=1S/C5H15N3.H3O3P/c1-2-4-8(7)5-3-6;1-4(2)3/h2-7H2,1H3;4H,(H2,1,2,3). The van der Waals surface area contributed by atoms with Crippen LogP contribution in [0.25, 0.3) is 0 Å². The van der Waals surface area contributed by atoms with Crippen LogP contribution in [0.1, 0.15) is 13.3 Å². The van der Waals surface area contributed by atoms with Crippen molar-refractivity contribution in [2.24, 2.45) is 11.6 Å². The fourth-order valence-electron chi connectivity index (χ4n) is 0.565. The van der Waals surface area contributed by atoms with E-state index in [9.17, 15) is 0 Å². The molecule has 0 bridgehead atoms. The predicted octanol–water partition coefficient (Wildman–Crippen LogP) is -1.11. The monoisotopic (exact) mass is 199 g/mol. The molecule has 0 amide bonds. The predicted molar refractivity (Wildman–Crippen MR) is 48.5 cm³/mol. The van der Waals surface area contributed by atoms with Crippen LogP contribution in [0.15, 0.2) is 0 Å². The molecule has 0 aliphatic carbocycles. The highest BCUT2D eigenvalue weighted by Crippen LogP contribution is 1.98. The van der Waals surface area contributed by atoms with Gasteiger partial charge in [0.05, 0.1) is 0 Å². The second-order valence-corrected chi connectivity index (χ2v) is 2.67. The van der Waals surface area contributed by atoms with Gasteiger partial charge in [-0.15, -0.1) is 0 Å². The van der Waals surface area contributed by atoms with E-state index in [0.717, 1.165) is 19.5 Å². The van der Waals surface area contributed by atoms with Crippen LogP contribution in [0, 0.1) is 0 Å². The molecule has 0 aromatic carbocycles. The molecular formula is C5H18N3O3P. The molecule has 0 aromatic heterocycles. The van der Waals surface area contributed by atoms with Crippen molar-refractivity contribution >= 4 is 8.25 Å². The van der Waals surface area contributed by atoms with Crippen LogP contribution in [-0.2, 0) is 4.57 Å². The summed E-state index contributed by atoms with van der Waals surface area (Å²) in [4.78, 5) is 14.3. The molecule has 0 radical (unpaired) electrons. The van der Waals surface area contributed by atoms with Gasteiger partial charge in [0.15, 0.2) is 0 Å². The molecule has 0 aliphatic rings. The maximum atomic E-state index is 8.74. The summed E-state index contributed by atoms with van der Waals surface area (Å²) in [5.74, 6) is 5.45. The maximum absolute atomic E-state index is 8.74. The van der Waals surface area contributed by atoms with Crippen molar-refractivity contribution in [2.75, 3.05) is 19.6 Å². The van der Waals surface area contributed by atoms with Crippen molar-refractivity contribution in [2.45, 2.75) is 13.3 Å². The van der Waals surface area contributed by atoms with Crippen molar-refractivity contribution in [3.63, 3.8) is 0 Å². The van der Waals surface area contributed by atoms with E-state index >= 15 is 0 Å². The lowest BCUT2D eigenvalue weighted by molar-refractivity contribution is 0.292. The average molecular weight is 199 g/mol. The second-order valence-electron chi connectivity index (χ2n) is 2.11. The van der Waals surface area contributed by atoms with Gasteiger partial charge in [-0.25, -0.2) is 5.01 Å². The van der Waals surface area contributed by atoms with Crippen molar-refractivity contribution in [3.05, 3.63) is 0 Å². The summed E-state index contributed by atoms with van der Waals surface area (Å²) in [6.07, 6.45) is 1.09. The summed E-state index contributed by atoms with van der Waals surface area (Å²) in [5, 5.41) is 1.74. The topological polar surface area (TPSA) is 113 Å². The van der Waals surface area contributed by atoms with Gasteiger partial charge in [0, 0.05) is 19.6 Å². The first kappa shape index (κ1) is 14.5. The van der Waals surface area contributed by atoms with Crippen LogP contribution in [-0.4, -0.2) is 34.4 Å². The number of hydrogen-bond donors (Lipinski definition) is 4. The van der Waals surface area contributed by atoms with Crippen LogP contribution in [0.2, 0.25) is 0 Å². The van der Waals surface area contributed by atoms with Crippen LogP contribution in [0.4, 0.5) is 0 Å². The first-order valence-corrected chi connectivity index (χ1v) is 4.96. The molecule has 0 saturated carbocycles. The molecule has 0 aromatic rings. The Balaban J connectivity index is 0. The Morgan fingerprint density at radius 1 is 1.42 bits per heavy atom. The molecule has 0 spiro atoms. The highest BCUT2D eigenvalue weighted by Gasteiger charge is 1.90. The molecular weight excluding hydrogens is 181 g/mol. The maximum Gasteiger partial charge on any atom is 0.314 e. The summed E-state index contributed by atoms with van der Waals surface area (Å²) < 4.78 is 8.74. The zero-order valence-corrected chi connectivity index (χ0v) is 8.23. The van der Waals surface area contributed by atoms with Crippen LogP contribution in [0.3, 0.4) is 0 Å². The SMILES string of the molecule is CCCN(N)CCN.O=[PH](O)O. The Labute approximate surface area is 73.1 Å². The van der Waals surface area contributed by atoms with Crippen molar-refractivity contribution in [1.82, 2.24) is 5.01 Å². The number of nitrogens with two attached hydrogens (primary N) is 2. The lowest BCUT2D eigenvalue weighted by Crippen LogP contribution is -2.36. The first-order valence-electron chi connectivity index (χ1n) is 3.66. The van der Waals surface area contributed by atoms with Gasteiger partial charge in [0.25, 0.3) is 0 Å². The normalized spacial score (nSPS) is 9.92. The Morgan fingerprint density at radius 2 is 1.83 bits per heavy atom. The molecule has 0 fully saturated rings. The first-order chi connectivity index (χ1) is 5.54. The van der Waals surface area contributed by atoms with E-state index in [1.807, 2.05) is 0 Å². The minimum atomic E-state index is -3.13. The zero-order chi connectivity index (χ0) is 9.98. The Bertz CT molecular complexity index is 104. The fourth-order valence-corrected chi connectivity index (χ4v) is 0.565. The van der Waals surface area contributed by atoms with Gasteiger partial charge in [-0.3, -0.25) is 10.4 Å². The molecule has 7 heteroatoms. The summed E-state index contributed by atoms with van der Waals surface area (Å²) >= 11 is 0. The van der Waals surface area contributed by atoms with Crippen molar-refractivity contribution < 1.29 is 14.4 Å². The molecule has 0 atom stereocenters. The highest BCUT2D eigenvalue weighted by molar-refractivity contribution is 7.30. The third kappa shape index (κ3) is 22.5. The third-order valence-corrected chi connectivity index (χ3v) is 0.927. The quantitative estimate of drug-likeness (QED) is 0.259. The Kier molecular flexibility index (Phi) is 13.4. The van der Waals surface area contributed by atoms with E-state index < -0.39 is 8.25 Å². The highest BCUT2D eigenvalue weighted by atomic mass is 31.1. The molecule has 0 saturated heterocycles. The van der Waals surface area contributed by atoms with Gasteiger partial charge in [-0.1, -0.05) is 6.92 Å². The number of nitrogens with zero attached hydrogens (tertiary/aromatic N) is 1. The van der Waals surface area contributed by atoms with E-state index in [0.29, 0.717) is 6.54 Å². The molecule has 0 rings (SSSR count). The summed E-state index contributed by atoms with van der Waals surface area (Å²) in [7, 11) is -3.13. The van der Waals surface area contributed by atoms with E-state index in [1.165, 1.54) is 0 Å². The molecule has 6 N–H and O–H groups in total. The van der Waals surface area contributed by atoms with Gasteiger partial charge in [0.2, 0.25) is 0 Å². The van der Waals surface area contributed by atoms with E-state index in [2.05, 4.69) is 6.92 Å². The molecule has 12 heavy (non-hydrogen) atoms. The minimum Gasteiger partial charge on any atom is -0.329 e. The smallest absolute Gasteiger partial charge is 0.314 e. The van der Waals surface area contributed by atoms with Crippen LogP contribution >= 0.6 is 8.25 Å². The largest absolute Gasteiger partial charge is 0.329 e. The number of rotatable bonds is 4. The number of hydrazine groups is 1. The van der Waals surface area contributed by atoms with Gasteiger partial charge in [0.1, 0.15) is 0 Å². The van der Waals surface area contributed by atoms with Gasteiger partial charge in [-0.05, 0) is 6.42 Å². The van der Waals surface area contributed by atoms with Gasteiger partial charge in [-0.2, -0.15) is 0 Å². The molecule has 0 unspecified atom stereocenters. The minimum absolute atomic E-state index is 0.649. The zero-order valence-electron chi connectivity index (χ0n) is 7.23. The van der Waals surface area contributed by atoms with Crippen LogP contribution < -0.4 is 11.6 Å². The van der Waals surface area contributed by atoms with Crippen molar-refractivity contribution in [3.8, 4) is 0 Å².